The zero-order valence-electron chi connectivity index (χ0n) is 13.3. The molecule has 2 aliphatic heterocycles. The lowest BCUT2D eigenvalue weighted by atomic mass is 9.98. The molecule has 1 N–H and O–H groups in total. The van der Waals surface area contributed by atoms with Crippen LogP contribution in [0.1, 0.15) is 46.5 Å². The van der Waals surface area contributed by atoms with E-state index in [0.29, 0.717) is 30.3 Å². The van der Waals surface area contributed by atoms with Crippen LogP contribution in [0.15, 0.2) is 0 Å². The van der Waals surface area contributed by atoms with Crippen molar-refractivity contribution in [3.05, 3.63) is 0 Å². The fourth-order valence-corrected chi connectivity index (χ4v) is 3.28. The number of hydrogen-bond donors (Lipinski definition) is 1. The molecule has 2 saturated heterocycles. The third kappa shape index (κ3) is 4.99. The van der Waals surface area contributed by atoms with Crippen molar-refractivity contribution in [3.63, 3.8) is 0 Å². The van der Waals surface area contributed by atoms with Gasteiger partial charge in [0.05, 0.1) is 31.5 Å². The van der Waals surface area contributed by atoms with Gasteiger partial charge in [-0.3, -0.25) is 0 Å². The number of hydrogen-bond acceptors (Lipinski definition) is 4. The molecule has 2 fully saturated rings. The highest BCUT2D eigenvalue weighted by molar-refractivity contribution is 4.81. The minimum atomic E-state index is 0.320. The van der Waals surface area contributed by atoms with E-state index in [1.807, 2.05) is 0 Å². The lowest BCUT2D eigenvalue weighted by Crippen LogP contribution is -2.43. The average Bonchev–Trinajstić information content (AvgIpc) is 2.91. The SMILES string of the molecule is CCCNC(COC1CC(C)OC(C)C1)C1CCOC1. The predicted octanol–water partition coefficient (Wildman–Crippen LogP) is 2.36. The van der Waals surface area contributed by atoms with Crippen molar-refractivity contribution in [1.29, 1.82) is 0 Å². The Hall–Kier alpha value is -0.160. The Morgan fingerprint density at radius 2 is 2.00 bits per heavy atom. The van der Waals surface area contributed by atoms with E-state index < -0.39 is 0 Å². The maximum Gasteiger partial charge on any atom is 0.0627 e. The van der Waals surface area contributed by atoms with E-state index in [1.165, 1.54) is 0 Å². The van der Waals surface area contributed by atoms with E-state index in [4.69, 9.17) is 14.2 Å². The molecule has 0 aromatic heterocycles. The number of rotatable bonds is 7. The maximum absolute atomic E-state index is 6.20. The van der Waals surface area contributed by atoms with Crippen molar-refractivity contribution in [2.45, 2.75) is 70.8 Å². The summed E-state index contributed by atoms with van der Waals surface area (Å²) in [6.45, 7) is 10.1. The number of ether oxygens (including phenoxy) is 3. The summed E-state index contributed by atoms with van der Waals surface area (Å²) in [5.74, 6) is 0.608. The van der Waals surface area contributed by atoms with Gasteiger partial charge in [-0.1, -0.05) is 6.92 Å². The van der Waals surface area contributed by atoms with Crippen molar-refractivity contribution in [1.82, 2.24) is 5.32 Å². The van der Waals surface area contributed by atoms with E-state index in [2.05, 4.69) is 26.1 Å². The highest BCUT2D eigenvalue weighted by Crippen LogP contribution is 2.23. The zero-order valence-corrected chi connectivity index (χ0v) is 13.3. The molecule has 0 aromatic carbocycles. The van der Waals surface area contributed by atoms with Crippen molar-refractivity contribution >= 4 is 0 Å². The maximum atomic E-state index is 6.20. The van der Waals surface area contributed by atoms with Gasteiger partial charge in [0, 0.05) is 18.6 Å². The Balaban J connectivity index is 1.77. The average molecular weight is 285 g/mol. The molecule has 4 nitrogen and oxygen atoms in total. The van der Waals surface area contributed by atoms with Crippen molar-refractivity contribution in [3.8, 4) is 0 Å². The van der Waals surface area contributed by atoms with Gasteiger partial charge in [-0.25, -0.2) is 0 Å². The van der Waals surface area contributed by atoms with Crippen molar-refractivity contribution < 1.29 is 14.2 Å². The normalized spacial score (nSPS) is 36.1. The van der Waals surface area contributed by atoms with Gasteiger partial charge in [-0.05, 0) is 46.1 Å². The Kier molecular flexibility index (Phi) is 6.75. The molecule has 0 aromatic rings. The van der Waals surface area contributed by atoms with Crippen LogP contribution in [0, 0.1) is 5.92 Å². The highest BCUT2D eigenvalue weighted by atomic mass is 16.5. The van der Waals surface area contributed by atoms with Crippen LogP contribution in [-0.4, -0.2) is 50.7 Å². The summed E-state index contributed by atoms with van der Waals surface area (Å²) >= 11 is 0. The molecule has 0 radical (unpaired) electrons. The molecule has 118 valence electrons. The summed E-state index contributed by atoms with van der Waals surface area (Å²) in [4.78, 5) is 0. The molecule has 0 bridgehead atoms. The highest BCUT2D eigenvalue weighted by Gasteiger charge is 2.29. The van der Waals surface area contributed by atoms with E-state index in [9.17, 15) is 0 Å². The van der Waals surface area contributed by atoms with Crippen LogP contribution >= 0.6 is 0 Å². The molecular weight excluding hydrogens is 254 g/mol. The summed E-state index contributed by atoms with van der Waals surface area (Å²) in [5, 5.41) is 3.64. The molecule has 0 spiro atoms. The van der Waals surface area contributed by atoms with Crippen LogP contribution < -0.4 is 5.32 Å². The van der Waals surface area contributed by atoms with Crippen LogP contribution in [0.2, 0.25) is 0 Å². The van der Waals surface area contributed by atoms with Crippen LogP contribution in [0.5, 0.6) is 0 Å². The molecule has 0 aliphatic carbocycles. The Labute approximate surface area is 123 Å². The fraction of sp³-hybridized carbons (Fsp3) is 1.00. The second kappa shape index (κ2) is 8.32. The topological polar surface area (TPSA) is 39.7 Å². The molecule has 4 atom stereocenters. The first-order valence-electron chi connectivity index (χ1n) is 8.27. The molecule has 0 amide bonds. The molecule has 2 heterocycles. The quantitative estimate of drug-likeness (QED) is 0.779. The smallest absolute Gasteiger partial charge is 0.0627 e. The van der Waals surface area contributed by atoms with Crippen LogP contribution in [0.4, 0.5) is 0 Å². The minimum absolute atomic E-state index is 0.320. The van der Waals surface area contributed by atoms with Gasteiger partial charge in [0.15, 0.2) is 0 Å². The summed E-state index contributed by atoms with van der Waals surface area (Å²) in [5.41, 5.74) is 0. The van der Waals surface area contributed by atoms with Gasteiger partial charge < -0.3 is 19.5 Å². The second-order valence-electron chi connectivity index (χ2n) is 6.37. The van der Waals surface area contributed by atoms with Gasteiger partial charge in [-0.2, -0.15) is 0 Å². The third-order valence-corrected chi connectivity index (χ3v) is 4.36. The third-order valence-electron chi connectivity index (χ3n) is 4.36. The van der Waals surface area contributed by atoms with E-state index in [0.717, 1.165) is 52.0 Å². The lowest BCUT2D eigenvalue weighted by molar-refractivity contribution is -0.106. The Morgan fingerprint density at radius 1 is 1.25 bits per heavy atom. The van der Waals surface area contributed by atoms with E-state index in [-0.39, 0.29) is 0 Å². The molecule has 4 heteroatoms. The second-order valence-corrected chi connectivity index (χ2v) is 6.37. The fourth-order valence-electron chi connectivity index (χ4n) is 3.28. The first-order valence-corrected chi connectivity index (χ1v) is 8.27. The van der Waals surface area contributed by atoms with Crippen molar-refractivity contribution in [2.75, 3.05) is 26.4 Å². The molecule has 20 heavy (non-hydrogen) atoms. The molecular formula is C16H31NO3. The van der Waals surface area contributed by atoms with Crippen molar-refractivity contribution in [2.24, 2.45) is 5.92 Å². The number of nitrogens with one attached hydrogen (secondary N) is 1. The van der Waals surface area contributed by atoms with E-state index >= 15 is 0 Å². The van der Waals surface area contributed by atoms with Gasteiger partial charge in [0.25, 0.3) is 0 Å². The van der Waals surface area contributed by atoms with Gasteiger partial charge in [0.2, 0.25) is 0 Å². The molecule has 4 unspecified atom stereocenters. The minimum Gasteiger partial charge on any atom is -0.381 e. The summed E-state index contributed by atoms with van der Waals surface area (Å²) < 4.78 is 17.5. The summed E-state index contributed by atoms with van der Waals surface area (Å²) in [6, 6.07) is 0.436. The largest absolute Gasteiger partial charge is 0.381 e. The Bertz CT molecular complexity index is 258. The Morgan fingerprint density at radius 3 is 2.60 bits per heavy atom. The summed E-state index contributed by atoms with van der Waals surface area (Å²) in [6.07, 6.45) is 5.35. The lowest BCUT2D eigenvalue weighted by Gasteiger charge is -2.33. The van der Waals surface area contributed by atoms with Crippen LogP contribution in [-0.2, 0) is 14.2 Å². The summed E-state index contributed by atoms with van der Waals surface area (Å²) in [7, 11) is 0. The van der Waals surface area contributed by atoms with Crippen LogP contribution in [0.25, 0.3) is 0 Å². The standard InChI is InChI=1S/C16H31NO3/c1-4-6-17-16(14-5-7-18-10-14)11-19-15-8-12(2)20-13(3)9-15/h12-17H,4-11H2,1-3H3. The molecule has 0 saturated carbocycles. The van der Waals surface area contributed by atoms with Crippen LogP contribution in [0.3, 0.4) is 0 Å². The molecule has 2 aliphatic rings. The monoisotopic (exact) mass is 285 g/mol. The first-order chi connectivity index (χ1) is 9.69. The zero-order chi connectivity index (χ0) is 14.4. The predicted molar refractivity (Wildman–Crippen MR) is 80.0 cm³/mol. The molecule has 2 rings (SSSR count). The van der Waals surface area contributed by atoms with Gasteiger partial charge in [-0.15, -0.1) is 0 Å². The first kappa shape index (κ1) is 16.2. The van der Waals surface area contributed by atoms with E-state index in [1.54, 1.807) is 0 Å². The van der Waals surface area contributed by atoms with Gasteiger partial charge in [0.1, 0.15) is 0 Å². The van der Waals surface area contributed by atoms with Gasteiger partial charge >= 0.3 is 0 Å².